The van der Waals surface area contributed by atoms with Crippen molar-refractivity contribution < 1.29 is 18.4 Å². The van der Waals surface area contributed by atoms with Gasteiger partial charge in [0.1, 0.15) is 24.6 Å². The van der Waals surface area contributed by atoms with E-state index in [0.29, 0.717) is 28.0 Å². The van der Waals surface area contributed by atoms with Crippen molar-refractivity contribution in [3.63, 3.8) is 0 Å². The third-order valence-electron chi connectivity index (χ3n) is 7.98. The second kappa shape index (κ2) is 17.2. The molecule has 1 aliphatic rings. The van der Waals surface area contributed by atoms with Crippen LogP contribution in [0.15, 0.2) is 53.4 Å². The van der Waals surface area contributed by atoms with Crippen molar-refractivity contribution in [1.82, 2.24) is 30.0 Å². The highest BCUT2D eigenvalue weighted by atomic mass is 79.9. The van der Waals surface area contributed by atoms with Gasteiger partial charge in [0.25, 0.3) is 0 Å². The maximum absolute atomic E-state index is 12.3. The van der Waals surface area contributed by atoms with Crippen LogP contribution in [0.1, 0.15) is 82.3 Å². The van der Waals surface area contributed by atoms with Crippen LogP contribution in [0.25, 0.3) is 11.3 Å². The molecule has 0 unspecified atom stereocenters. The van der Waals surface area contributed by atoms with E-state index in [0.717, 1.165) is 21.3 Å². The Bertz CT molecular complexity index is 1800. The van der Waals surface area contributed by atoms with Gasteiger partial charge in [0.2, 0.25) is 0 Å². The van der Waals surface area contributed by atoms with E-state index in [1.165, 1.54) is 0 Å². The van der Waals surface area contributed by atoms with E-state index in [-0.39, 0.29) is 32.1 Å². The van der Waals surface area contributed by atoms with Crippen molar-refractivity contribution in [2.24, 2.45) is 0 Å². The van der Waals surface area contributed by atoms with Crippen LogP contribution in [0.4, 0.5) is 11.4 Å². The number of anilines is 2. The first kappa shape index (κ1) is 45.3. The predicted molar refractivity (Wildman–Crippen MR) is 217 cm³/mol. The lowest BCUT2D eigenvalue weighted by Crippen LogP contribution is -2.41. The number of benzene rings is 2. The van der Waals surface area contributed by atoms with Crippen LogP contribution in [0.5, 0.6) is 0 Å². The first-order valence-electron chi connectivity index (χ1n) is 15.7. The van der Waals surface area contributed by atoms with Gasteiger partial charge in [-0.15, -0.1) is 5.10 Å². The summed E-state index contributed by atoms with van der Waals surface area (Å²) >= 11 is 3.21. The van der Waals surface area contributed by atoms with Gasteiger partial charge >= 0.3 is 7.12 Å². The van der Waals surface area contributed by atoms with Gasteiger partial charge in [-0.1, -0.05) is 27.0 Å². The lowest BCUT2D eigenvalue weighted by atomic mass is 9.79. The Morgan fingerprint density at radius 2 is 1.18 bits per heavy atom. The minimum absolute atomic E-state index is 0. The van der Waals surface area contributed by atoms with Crippen LogP contribution >= 0.6 is 30.2 Å². The van der Waals surface area contributed by atoms with E-state index >= 15 is 0 Å². The molecular formula is C34H58BBrN8O4P2. The largest absolute Gasteiger partial charge is 0.494 e. The van der Waals surface area contributed by atoms with E-state index in [1.54, 1.807) is 60.8 Å². The Morgan fingerprint density at radius 3 is 1.58 bits per heavy atom. The van der Waals surface area contributed by atoms with Crippen LogP contribution in [0.3, 0.4) is 0 Å². The zero-order chi connectivity index (χ0) is 36.4. The Labute approximate surface area is 308 Å². The minimum Gasteiger partial charge on any atom is -0.399 e. The van der Waals surface area contributed by atoms with E-state index in [2.05, 4.69) is 36.3 Å². The quantitative estimate of drug-likeness (QED) is 0.117. The molecule has 12 nitrogen and oxygen atoms in total. The molecule has 278 valence electrons. The van der Waals surface area contributed by atoms with Crippen molar-refractivity contribution in [3.05, 3.63) is 53.4 Å². The fourth-order valence-electron chi connectivity index (χ4n) is 4.48. The molecular weight excluding hydrogens is 737 g/mol. The molecule has 2 aromatic heterocycles. The molecule has 4 N–H and O–H groups in total. The van der Waals surface area contributed by atoms with Gasteiger partial charge in [-0.05, 0) is 128 Å². The summed E-state index contributed by atoms with van der Waals surface area (Å²) in [5.41, 5.74) is 14.7. The third kappa shape index (κ3) is 11.4. The topological polar surface area (TPSA) is 166 Å². The van der Waals surface area contributed by atoms with Crippen molar-refractivity contribution in [3.8, 4) is 11.3 Å². The summed E-state index contributed by atoms with van der Waals surface area (Å²) in [7, 11) is -5.27. The number of hydrogen-bond acceptors (Lipinski definition) is 10. The fourth-order valence-corrected chi connectivity index (χ4v) is 7.04. The highest BCUT2D eigenvalue weighted by Crippen LogP contribution is 2.39. The first-order valence-corrected chi connectivity index (χ1v) is 21.7. The molecule has 0 bridgehead atoms. The van der Waals surface area contributed by atoms with Crippen LogP contribution < -0.4 is 27.5 Å². The second-order valence-electron chi connectivity index (χ2n) is 14.1. The van der Waals surface area contributed by atoms with Crippen molar-refractivity contribution >= 4 is 64.8 Å². The summed E-state index contributed by atoms with van der Waals surface area (Å²) in [6.07, 6.45) is 3.39. The van der Waals surface area contributed by atoms with Crippen molar-refractivity contribution in [1.29, 1.82) is 0 Å². The van der Waals surface area contributed by atoms with Gasteiger partial charge in [0, 0.05) is 27.5 Å². The summed E-state index contributed by atoms with van der Waals surface area (Å²) in [4.78, 5) is 3.31. The normalized spacial score (nSPS) is 15.0. The number of hydrogen-bond donors (Lipinski definition) is 2. The van der Waals surface area contributed by atoms with Gasteiger partial charge < -0.3 is 29.9 Å². The van der Waals surface area contributed by atoms with Gasteiger partial charge in [-0.25, -0.2) is 0 Å². The fraction of sp³-hybridized carbons (Fsp3) is 0.529. The lowest BCUT2D eigenvalue weighted by molar-refractivity contribution is 0.00578. The molecule has 0 atom stereocenters. The standard InChI is InChI=1S/C14H23BNO3P.C13H19N4OP.C5H8BrN3.2CH4/c1-13(2)14(3,4)19-15(18-13)10-7-8-11(16)12(9-10)20(5,6)17;1-9(2)17-15-8-12(16-17)10-5-6-11(14)13(7-10)19(3,4)18;1-4(2)9-7-3-5(6)8-9;;/h7-9H,16H2,1-6H3;5-9H,14H2,1-4H3;3-4H,1-2H3;2*1H4. The van der Waals surface area contributed by atoms with Crippen LogP contribution in [0.2, 0.25) is 0 Å². The Hall–Kier alpha value is -2.76. The molecule has 5 rings (SSSR count). The monoisotopic (exact) mass is 794 g/mol. The maximum atomic E-state index is 12.3. The molecule has 4 aromatic rings. The Morgan fingerprint density at radius 1 is 0.740 bits per heavy atom. The highest BCUT2D eigenvalue weighted by molar-refractivity contribution is 9.10. The third-order valence-corrected chi connectivity index (χ3v) is 11.4. The van der Waals surface area contributed by atoms with Gasteiger partial charge in [0.05, 0.1) is 35.7 Å². The zero-order valence-electron chi connectivity index (χ0n) is 30.1. The van der Waals surface area contributed by atoms with Crippen molar-refractivity contribution in [2.45, 2.75) is 93.5 Å². The molecule has 0 amide bonds. The Kier molecular flexibility index (Phi) is 15.5. The molecule has 3 heterocycles. The number of rotatable bonds is 6. The first-order chi connectivity index (χ1) is 21.9. The number of nitrogen functional groups attached to an aromatic ring is 2. The van der Waals surface area contributed by atoms with Crippen LogP contribution in [-0.2, 0) is 18.4 Å². The summed E-state index contributed by atoms with van der Waals surface area (Å²) in [6.45, 7) is 23.0. The number of nitrogens with two attached hydrogens (primary N) is 2. The van der Waals surface area contributed by atoms with Crippen molar-refractivity contribution in [2.75, 3.05) is 38.1 Å². The van der Waals surface area contributed by atoms with Crippen LogP contribution in [0, 0.1) is 0 Å². The molecule has 16 heteroatoms. The number of nitrogens with zero attached hydrogens (tertiary/aromatic N) is 6. The zero-order valence-corrected chi connectivity index (χ0v) is 33.5. The predicted octanol–water partition coefficient (Wildman–Crippen LogP) is 7.07. The lowest BCUT2D eigenvalue weighted by Gasteiger charge is -2.32. The maximum Gasteiger partial charge on any atom is 0.494 e. The molecule has 0 aliphatic carbocycles. The molecule has 50 heavy (non-hydrogen) atoms. The molecule has 0 saturated carbocycles. The van der Waals surface area contributed by atoms with Gasteiger partial charge in [-0.2, -0.15) is 24.9 Å². The highest BCUT2D eigenvalue weighted by Gasteiger charge is 2.51. The van der Waals surface area contributed by atoms with Gasteiger partial charge in [0.15, 0.2) is 0 Å². The Balaban J connectivity index is 0.000000391. The smallest absolute Gasteiger partial charge is 0.399 e. The van der Waals surface area contributed by atoms with E-state index < -0.39 is 21.4 Å². The molecule has 2 aromatic carbocycles. The van der Waals surface area contributed by atoms with E-state index in [9.17, 15) is 9.13 Å². The molecule has 0 spiro atoms. The van der Waals surface area contributed by atoms with E-state index in [4.69, 9.17) is 20.8 Å². The summed E-state index contributed by atoms with van der Waals surface area (Å²) < 4.78 is 37.3. The molecule has 1 saturated heterocycles. The number of halogens is 1. The summed E-state index contributed by atoms with van der Waals surface area (Å²) in [5, 5.41) is 18.0. The second-order valence-corrected chi connectivity index (χ2v) is 21.3. The minimum atomic E-state index is -2.42. The molecule has 0 radical (unpaired) electrons. The summed E-state index contributed by atoms with van der Waals surface area (Å²) in [5.74, 6) is 0. The summed E-state index contributed by atoms with van der Waals surface area (Å²) in [6, 6.07) is 11.6. The number of aromatic nitrogens is 6. The molecule has 1 aliphatic heterocycles. The van der Waals surface area contributed by atoms with Crippen LogP contribution in [-0.4, -0.2) is 75.0 Å². The van der Waals surface area contributed by atoms with E-state index in [1.807, 2.05) is 79.7 Å². The average molecular weight is 796 g/mol. The van der Waals surface area contributed by atoms with Gasteiger partial charge in [-0.3, -0.25) is 0 Å². The SMILES string of the molecule is C.C.CC(C)n1ncc(-c2ccc(N)c(P(C)(C)=O)c2)n1.CC(C)n1ncc(Br)n1.CC1(C)OB(c2ccc(N)c(P(C)(C)=O)c2)OC1(C)C. The molecule has 1 fully saturated rings. The average Bonchev–Trinajstić information content (AvgIpc) is 3.67.